The average molecular weight is 327 g/mol. The van der Waals surface area contributed by atoms with Crippen molar-refractivity contribution in [2.24, 2.45) is 0 Å². The Morgan fingerprint density at radius 2 is 2.23 bits per heavy atom. The molecule has 1 atom stereocenters. The lowest BCUT2D eigenvalue weighted by molar-refractivity contribution is -0.0433. The Morgan fingerprint density at radius 3 is 2.86 bits per heavy atom. The zero-order valence-electron chi connectivity index (χ0n) is 13.6. The minimum Gasteiger partial charge on any atom is -0.444 e. The van der Waals surface area contributed by atoms with Crippen molar-refractivity contribution in [1.82, 2.24) is 9.88 Å². The molecule has 1 amide bonds. The average Bonchev–Trinajstić information content (AvgIpc) is 2.45. The molecular weight excluding hydrogens is 304 g/mol. The van der Waals surface area contributed by atoms with Gasteiger partial charge in [-0.25, -0.2) is 9.78 Å². The Hall–Kier alpha value is -1.33. The Balaban J connectivity index is 2.10. The number of aryl methyl sites for hydroxylation is 1. The quantitative estimate of drug-likeness (QED) is 0.779. The summed E-state index contributed by atoms with van der Waals surface area (Å²) < 4.78 is 11.2. The maximum atomic E-state index is 12.2. The fourth-order valence-corrected chi connectivity index (χ4v) is 2.52. The van der Waals surface area contributed by atoms with E-state index in [-0.39, 0.29) is 12.2 Å². The highest BCUT2D eigenvalue weighted by atomic mass is 35.5. The first-order chi connectivity index (χ1) is 10.3. The molecule has 1 aromatic heterocycles. The van der Waals surface area contributed by atoms with Gasteiger partial charge in [0.1, 0.15) is 16.9 Å². The third-order valence-corrected chi connectivity index (χ3v) is 3.52. The molecular formula is C16H23ClN2O3. The maximum absolute atomic E-state index is 12.2. The Labute approximate surface area is 136 Å². The van der Waals surface area contributed by atoms with Crippen molar-refractivity contribution in [3.05, 3.63) is 28.5 Å². The van der Waals surface area contributed by atoms with Crippen molar-refractivity contribution in [2.45, 2.75) is 45.8 Å². The van der Waals surface area contributed by atoms with Crippen LogP contribution in [0.2, 0.25) is 5.15 Å². The van der Waals surface area contributed by atoms with Gasteiger partial charge in [0.25, 0.3) is 0 Å². The van der Waals surface area contributed by atoms with Crippen LogP contribution in [-0.2, 0) is 15.9 Å². The number of carbonyl (C=O) groups excluding carboxylic acids is 1. The van der Waals surface area contributed by atoms with Gasteiger partial charge in [-0.15, -0.1) is 0 Å². The van der Waals surface area contributed by atoms with Crippen molar-refractivity contribution in [2.75, 3.05) is 19.7 Å². The number of hydrogen-bond acceptors (Lipinski definition) is 4. The summed E-state index contributed by atoms with van der Waals surface area (Å²) in [5.74, 6) is 0. The molecule has 0 bridgehead atoms. The molecule has 0 aromatic carbocycles. The van der Waals surface area contributed by atoms with Crippen LogP contribution in [-0.4, -0.2) is 41.3 Å². The van der Waals surface area contributed by atoms with Crippen LogP contribution in [0.3, 0.4) is 0 Å². The van der Waals surface area contributed by atoms with E-state index in [0.717, 1.165) is 17.7 Å². The lowest BCUT2D eigenvalue weighted by Gasteiger charge is -2.34. The number of pyridine rings is 1. The number of rotatable bonds is 2. The number of halogens is 1. The summed E-state index contributed by atoms with van der Waals surface area (Å²) in [5.41, 5.74) is 1.37. The Bertz CT molecular complexity index is 543. The van der Waals surface area contributed by atoms with Gasteiger partial charge < -0.3 is 14.4 Å². The van der Waals surface area contributed by atoms with Crippen LogP contribution in [0.4, 0.5) is 4.79 Å². The van der Waals surface area contributed by atoms with Gasteiger partial charge in [-0.1, -0.05) is 18.5 Å². The lowest BCUT2D eigenvalue weighted by Crippen LogP contribution is -2.44. The second-order valence-corrected chi connectivity index (χ2v) is 6.74. The monoisotopic (exact) mass is 326 g/mol. The first-order valence-corrected chi connectivity index (χ1v) is 7.92. The van der Waals surface area contributed by atoms with E-state index in [1.807, 2.05) is 33.8 Å². The molecule has 1 fully saturated rings. The fraction of sp³-hybridized carbons (Fsp3) is 0.625. The van der Waals surface area contributed by atoms with Crippen molar-refractivity contribution >= 4 is 17.7 Å². The van der Waals surface area contributed by atoms with E-state index >= 15 is 0 Å². The highest BCUT2D eigenvalue weighted by molar-refractivity contribution is 6.29. The molecule has 5 nitrogen and oxygen atoms in total. The van der Waals surface area contributed by atoms with Gasteiger partial charge in [0.05, 0.1) is 13.2 Å². The molecule has 0 aliphatic carbocycles. The van der Waals surface area contributed by atoms with Crippen LogP contribution in [0.1, 0.15) is 45.1 Å². The SMILES string of the molecule is CCc1cc(C2CN(C(=O)OC(C)(C)C)CCO2)cc(Cl)n1. The molecule has 1 aromatic rings. The predicted octanol–water partition coefficient (Wildman–Crippen LogP) is 3.61. The summed E-state index contributed by atoms with van der Waals surface area (Å²) in [6.45, 7) is 9.07. The van der Waals surface area contributed by atoms with Gasteiger partial charge in [0.15, 0.2) is 0 Å². The minimum absolute atomic E-state index is 0.202. The van der Waals surface area contributed by atoms with Crippen LogP contribution in [0.15, 0.2) is 12.1 Å². The predicted molar refractivity (Wildman–Crippen MR) is 85.1 cm³/mol. The van der Waals surface area contributed by atoms with E-state index in [0.29, 0.717) is 24.8 Å². The molecule has 6 heteroatoms. The van der Waals surface area contributed by atoms with Crippen LogP contribution >= 0.6 is 11.6 Å². The van der Waals surface area contributed by atoms with Crippen molar-refractivity contribution in [3.63, 3.8) is 0 Å². The topological polar surface area (TPSA) is 51.7 Å². The van der Waals surface area contributed by atoms with Crippen LogP contribution in [0, 0.1) is 0 Å². The molecule has 1 aliphatic rings. The smallest absolute Gasteiger partial charge is 0.410 e. The standard InChI is InChI=1S/C16H23ClN2O3/c1-5-12-8-11(9-14(17)18-12)13-10-19(6-7-21-13)15(20)22-16(2,3)4/h8-9,13H,5-7,10H2,1-4H3. The largest absolute Gasteiger partial charge is 0.444 e. The van der Waals surface area contributed by atoms with Gasteiger partial charge >= 0.3 is 6.09 Å². The van der Waals surface area contributed by atoms with E-state index in [4.69, 9.17) is 21.1 Å². The molecule has 0 N–H and O–H groups in total. The lowest BCUT2D eigenvalue weighted by atomic mass is 10.1. The molecule has 0 saturated carbocycles. The van der Waals surface area contributed by atoms with Crippen LogP contribution in [0.25, 0.3) is 0 Å². The molecule has 1 saturated heterocycles. The van der Waals surface area contributed by atoms with E-state index in [9.17, 15) is 4.79 Å². The number of ether oxygens (including phenoxy) is 2. The molecule has 0 radical (unpaired) electrons. The van der Waals surface area contributed by atoms with Gasteiger partial charge in [-0.05, 0) is 44.9 Å². The first kappa shape index (κ1) is 17.0. The van der Waals surface area contributed by atoms with E-state index in [1.165, 1.54) is 0 Å². The summed E-state index contributed by atoms with van der Waals surface area (Å²) >= 11 is 6.06. The molecule has 122 valence electrons. The van der Waals surface area contributed by atoms with E-state index in [1.54, 1.807) is 11.0 Å². The summed E-state index contributed by atoms with van der Waals surface area (Å²) in [4.78, 5) is 18.1. The van der Waals surface area contributed by atoms with Crippen molar-refractivity contribution < 1.29 is 14.3 Å². The third-order valence-electron chi connectivity index (χ3n) is 3.32. The normalized spacial score (nSPS) is 19.1. The van der Waals surface area contributed by atoms with Crippen molar-refractivity contribution in [3.8, 4) is 0 Å². The van der Waals surface area contributed by atoms with E-state index < -0.39 is 5.60 Å². The number of nitrogens with zero attached hydrogens (tertiary/aromatic N) is 2. The maximum Gasteiger partial charge on any atom is 0.410 e. The molecule has 0 spiro atoms. The van der Waals surface area contributed by atoms with Crippen LogP contribution < -0.4 is 0 Å². The second kappa shape index (κ2) is 6.84. The Morgan fingerprint density at radius 1 is 1.50 bits per heavy atom. The summed E-state index contributed by atoms with van der Waals surface area (Å²) in [5, 5.41) is 0.451. The number of morpholine rings is 1. The number of hydrogen-bond donors (Lipinski definition) is 0. The minimum atomic E-state index is -0.500. The summed E-state index contributed by atoms with van der Waals surface area (Å²) in [7, 11) is 0. The number of aromatic nitrogens is 1. The molecule has 22 heavy (non-hydrogen) atoms. The summed E-state index contributed by atoms with van der Waals surface area (Å²) in [6.07, 6.45) is 0.291. The zero-order chi connectivity index (χ0) is 16.3. The van der Waals surface area contributed by atoms with Crippen molar-refractivity contribution in [1.29, 1.82) is 0 Å². The second-order valence-electron chi connectivity index (χ2n) is 6.35. The number of carbonyl (C=O) groups is 1. The molecule has 2 heterocycles. The fourth-order valence-electron chi connectivity index (χ4n) is 2.28. The van der Waals surface area contributed by atoms with E-state index in [2.05, 4.69) is 4.98 Å². The van der Waals surface area contributed by atoms with Gasteiger partial charge in [0.2, 0.25) is 0 Å². The van der Waals surface area contributed by atoms with Gasteiger partial charge in [-0.2, -0.15) is 0 Å². The first-order valence-electron chi connectivity index (χ1n) is 7.54. The zero-order valence-corrected chi connectivity index (χ0v) is 14.3. The third kappa shape index (κ3) is 4.58. The highest BCUT2D eigenvalue weighted by Gasteiger charge is 2.29. The molecule has 2 rings (SSSR count). The summed E-state index contributed by atoms with van der Waals surface area (Å²) in [6, 6.07) is 3.78. The van der Waals surface area contributed by atoms with Crippen LogP contribution in [0.5, 0.6) is 0 Å². The van der Waals surface area contributed by atoms with Gasteiger partial charge in [-0.3, -0.25) is 0 Å². The van der Waals surface area contributed by atoms with Gasteiger partial charge in [0, 0.05) is 12.2 Å². The Kier molecular flexibility index (Phi) is 5.29. The highest BCUT2D eigenvalue weighted by Crippen LogP contribution is 2.26. The molecule has 1 aliphatic heterocycles. The number of amides is 1. The molecule has 1 unspecified atom stereocenters.